The molecule has 4 heteroatoms. The third-order valence-electron chi connectivity index (χ3n) is 5.04. The molecule has 3 N–H and O–H groups in total. The number of nitrogen functional groups attached to an aromatic ring is 1. The summed E-state index contributed by atoms with van der Waals surface area (Å²) in [5.41, 5.74) is 14.2. The Morgan fingerprint density at radius 1 is 1.00 bits per heavy atom. The van der Waals surface area contributed by atoms with Crippen molar-refractivity contribution in [2.24, 2.45) is 0 Å². The quantitative estimate of drug-likeness (QED) is 0.450. The van der Waals surface area contributed by atoms with Gasteiger partial charge in [-0.2, -0.15) is 0 Å². The lowest BCUT2D eigenvalue weighted by Gasteiger charge is -2.12. The number of benzene rings is 3. The number of halogens is 1. The van der Waals surface area contributed by atoms with Gasteiger partial charge in [-0.3, -0.25) is 4.79 Å². The molecule has 0 aliphatic carbocycles. The van der Waals surface area contributed by atoms with Crippen molar-refractivity contribution in [1.29, 1.82) is 0 Å². The van der Waals surface area contributed by atoms with Crippen molar-refractivity contribution in [2.45, 2.75) is 13.3 Å². The first-order chi connectivity index (χ1) is 13.0. The molecular formula is C23H19ClN2O. The largest absolute Gasteiger partial charge is 0.398 e. The number of carbonyl (C=O) groups is 1. The number of nitrogens with one attached hydrogen (secondary N) is 1. The molecule has 1 heterocycles. The van der Waals surface area contributed by atoms with Crippen molar-refractivity contribution in [2.75, 3.05) is 11.1 Å². The standard InChI is InChI=1S/C23H19ClN2O/c1-3-14-5-4-6-17(22(14)25)15-7-9-16(10-8-15)19-11-18-13(2)23(27)26-21(18)12-20(19)24/h4-12H,2-3,25H2,1H3,(H,26,27). The summed E-state index contributed by atoms with van der Waals surface area (Å²) in [4.78, 5) is 11.8. The minimum atomic E-state index is -0.181. The van der Waals surface area contributed by atoms with Crippen molar-refractivity contribution in [3.63, 3.8) is 0 Å². The zero-order valence-corrected chi connectivity index (χ0v) is 15.7. The molecule has 3 aromatic carbocycles. The topological polar surface area (TPSA) is 55.1 Å². The monoisotopic (exact) mass is 374 g/mol. The number of anilines is 2. The number of fused-ring (bicyclic) bond motifs is 1. The van der Waals surface area contributed by atoms with Crippen molar-refractivity contribution in [3.8, 4) is 22.3 Å². The minimum absolute atomic E-state index is 0.181. The normalized spacial score (nSPS) is 12.8. The Kier molecular flexibility index (Phi) is 4.25. The summed E-state index contributed by atoms with van der Waals surface area (Å²) in [6.07, 6.45) is 0.902. The van der Waals surface area contributed by atoms with E-state index in [1.807, 2.05) is 42.5 Å². The van der Waals surface area contributed by atoms with E-state index in [4.69, 9.17) is 17.3 Å². The zero-order valence-electron chi connectivity index (χ0n) is 15.0. The SMILES string of the molecule is C=C1C(=O)Nc2cc(Cl)c(-c3ccc(-c4cccc(CC)c4N)cc3)cc21. The van der Waals surface area contributed by atoms with E-state index in [9.17, 15) is 4.79 Å². The van der Waals surface area contributed by atoms with Crippen LogP contribution < -0.4 is 11.1 Å². The molecule has 1 aliphatic heterocycles. The molecule has 0 saturated heterocycles. The summed E-state index contributed by atoms with van der Waals surface area (Å²) in [5, 5.41) is 3.36. The van der Waals surface area contributed by atoms with Gasteiger partial charge in [-0.25, -0.2) is 0 Å². The van der Waals surface area contributed by atoms with Crippen LogP contribution in [-0.2, 0) is 11.2 Å². The second-order valence-electron chi connectivity index (χ2n) is 6.62. The van der Waals surface area contributed by atoms with Gasteiger partial charge in [0, 0.05) is 28.0 Å². The molecule has 4 rings (SSSR count). The highest BCUT2D eigenvalue weighted by atomic mass is 35.5. The Morgan fingerprint density at radius 2 is 1.67 bits per heavy atom. The molecule has 0 bridgehead atoms. The van der Waals surface area contributed by atoms with Crippen molar-refractivity contribution < 1.29 is 4.79 Å². The zero-order chi connectivity index (χ0) is 19.1. The Morgan fingerprint density at radius 3 is 2.33 bits per heavy atom. The maximum atomic E-state index is 11.8. The number of carbonyl (C=O) groups excluding carboxylic acids is 1. The van der Waals surface area contributed by atoms with Crippen LogP contribution in [0.2, 0.25) is 5.02 Å². The summed E-state index contributed by atoms with van der Waals surface area (Å²) in [7, 11) is 0. The van der Waals surface area contributed by atoms with Crippen LogP contribution in [0.25, 0.3) is 27.8 Å². The third kappa shape index (κ3) is 2.90. The van der Waals surface area contributed by atoms with Crippen molar-refractivity contribution in [3.05, 3.63) is 77.3 Å². The van der Waals surface area contributed by atoms with Crippen LogP contribution >= 0.6 is 11.6 Å². The van der Waals surface area contributed by atoms with Crippen LogP contribution in [-0.4, -0.2) is 5.91 Å². The van der Waals surface area contributed by atoms with Crippen LogP contribution in [0.15, 0.2) is 61.2 Å². The summed E-state index contributed by atoms with van der Waals surface area (Å²) in [6, 6.07) is 17.9. The van der Waals surface area contributed by atoms with Gasteiger partial charge < -0.3 is 11.1 Å². The van der Waals surface area contributed by atoms with Crippen LogP contribution in [0.5, 0.6) is 0 Å². The van der Waals surface area contributed by atoms with E-state index >= 15 is 0 Å². The van der Waals surface area contributed by atoms with Crippen LogP contribution in [0.4, 0.5) is 11.4 Å². The lowest BCUT2D eigenvalue weighted by Crippen LogP contribution is -2.02. The molecule has 0 unspecified atom stereocenters. The van der Waals surface area contributed by atoms with Gasteiger partial charge in [0.2, 0.25) is 0 Å². The highest BCUT2D eigenvalue weighted by Crippen LogP contribution is 2.39. The fourth-order valence-electron chi connectivity index (χ4n) is 3.47. The summed E-state index contributed by atoms with van der Waals surface area (Å²) in [5.74, 6) is -0.181. The van der Waals surface area contributed by atoms with E-state index in [-0.39, 0.29) is 5.91 Å². The molecule has 1 amide bonds. The molecule has 0 radical (unpaired) electrons. The first-order valence-electron chi connectivity index (χ1n) is 8.82. The molecule has 0 saturated carbocycles. The highest BCUT2D eigenvalue weighted by Gasteiger charge is 2.24. The average Bonchev–Trinajstić information content (AvgIpc) is 2.95. The molecule has 27 heavy (non-hydrogen) atoms. The third-order valence-corrected chi connectivity index (χ3v) is 5.35. The Bertz CT molecular complexity index is 1080. The lowest BCUT2D eigenvalue weighted by atomic mass is 9.95. The van der Waals surface area contributed by atoms with Crippen LogP contribution in [0.1, 0.15) is 18.1 Å². The average molecular weight is 375 g/mol. The number of rotatable bonds is 3. The second kappa shape index (κ2) is 6.60. The number of nitrogens with two attached hydrogens (primary N) is 1. The van der Waals surface area contributed by atoms with Gasteiger partial charge in [-0.05, 0) is 35.2 Å². The van der Waals surface area contributed by atoms with E-state index in [2.05, 4.69) is 24.9 Å². The fraction of sp³-hybridized carbons (Fsp3) is 0.0870. The van der Waals surface area contributed by atoms with Gasteiger partial charge in [0.25, 0.3) is 5.91 Å². The molecule has 0 aromatic heterocycles. The van der Waals surface area contributed by atoms with Gasteiger partial charge >= 0.3 is 0 Å². The molecule has 0 atom stereocenters. The van der Waals surface area contributed by atoms with Crippen LogP contribution in [0, 0.1) is 0 Å². The number of aryl methyl sites for hydroxylation is 1. The molecule has 3 nitrogen and oxygen atoms in total. The van der Waals surface area contributed by atoms with E-state index < -0.39 is 0 Å². The van der Waals surface area contributed by atoms with E-state index in [0.717, 1.165) is 45.5 Å². The molecule has 0 fully saturated rings. The smallest absolute Gasteiger partial charge is 0.255 e. The molecule has 0 spiro atoms. The van der Waals surface area contributed by atoms with Gasteiger partial charge in [-0.1, -0.05) is 67.6 Å². The second-order valence-corrected chi connectivity index (χ2v) is 7.03. The minimum Gasteiger partial charge on any atom is -0.398 e. The lowest BCUT2D eigenvalue weighted by molar-refractivity contribution is -0.110. The van der Waals surface area contributed by atoms with Gasteiger partial charge in [-0.15, -0.1) is 0 Å². The van der Waals surface area contributed by atoms with E-state index in [0.29, 0.717) is 16.3 Å². The summed E-state index contributed by atoms with van der Waals surface area (Å²) >= 11 is 6.46. The fourth-order valence-corrected chi connectivity index (χ4v) is 3.74. The Hall–Kier alpha value is -3.04. The predicted molar refractivity (Wildman–Crippen MR) is 114 cm³/mol. The number of hydrogen-bond acceptors (Lipinski definition) is 2. The number of hydrogen-bond donors (Lipinski definition) is 2. The molecule has 3 aromatic rings. The van der Waals surface area contributed by atoms with E-state index in [1.54, 1.807) is 6.07 Å². The number of para-hydroxylation sites is 1. The van der Waals surface area contributed by atoms with Crippen molar-refractivity contribution in [1.82, 2.24) is 0 Å². The maximum absolute atomic E-state index is 11.8. The van der Waals surface area contributed by atoms with Gasteiger partial charge in [0.15, 0.2) is 0 Å². The first-order valence-corrected chi connectivity index (χ1v) is 9.19. The van der Waals surface area contributed by atoms with Gasteiger partial charge in [0.05, 0.1) is 10.7 Å². The highest BCUT2D eigenvalue weighted by molar-refractivity contribution is 6.36. The maximum Gasteiger partial charge on any atom is 0.255 e. The molecule has 1 aliphatic rings. The summed E-state index contributed by atoms with van der Waals surface area (Å²) < 4.78 is 0. The molecular weight excluding hydrogens is 356 g/mol. The van der Waals surface area contributed by atoms with E-state index in [1.165, 1.54) is 0 Å². The Labute approximate surface area is 163 Å². The van der Waals surface area contributed by atoms with Crippen molar-refractivity contribution >= 4 is 34.5 Å². The van der Waals surface area contributed by atoms with Gasteiger partial charge in [0.1, 0.15) is 0 Å². The molecule has 134 valence electrons. The summed E-state index contributed by atoms with van der Waals surface area (Å²) in [6.45, 7) is 5.95. The van der Waals surface area contributed by atoms with Crippen LogP contribution in [0.3, 0.4) is 0 Å². The Balaban J connectivity index is 1.74. The number of amides is 1. The predicted octanol–water partition coefficient (Wildman–Crippen LogP) is 5.78. The first kappa shape index (κ1) is 17.4.